The predicted octanol–water partition coefficient (Wildman–Crippen LogP) is 3.26. The summed E-state index contributed by atoms with van der Waals surface area (Å²) >= 11 is 0. The summed E-state index contributed by atoms with van der Waals surface area (Å²) in [5.41, 5.74) is 5.04. The topological polar surface area (TPSA) is 70.6 Å². The van der Waals surface area contributed by atoms with E-state index in [1.165, 1.54) is 5.56 Å². The molecular weight excluding hydrogens is 278 g/mol. The maximum Gasteiger partial charge on any atom is 0.240 e. The van der Waals surface area contributed by atoms with Crippen molar-refractivity contribution < 1.29 is 9.59 Å². The zero-order valence-electron chi connectivity index (χ0n) is 13.6. The maximum atomic E-state index is 11.9. The lowest BCUT2D eigenvalue weighted by Crippen LogP contribution is -2.21. The van der Waals surface area contributed by atoms with Crippen molar-refractivity contribution >= 4 is 23.2 Å². The fraction of sp³-hybridized carbons (Fsp3) is 0.471. The lowest BCUT2D eigenvalue weighted by molar-refractivity contribution is -0.121. The van der Waals surface area contributed by atoms with Gasteiger partial charge in [-0.1, -0.05) is 32.4 Å². The molecule has 5 nitrogen and oxygen atoms in total. The molecule has 22 heavy (non-hydrogen) atoms. The van der Waals surface area contributed by atoms with Crippen molar-refractivity contribution in [2.24, 2.45) is 5.10 Å². The molecular formula is C17H25N3O2. The molecule has 0 saturated carbocycles. The highest BCUT2D eigenvalue weighted by molar-refractivity contribution is 6.05. The lowest BCUT2D eigenvalue weighted by Gasteiger charge is -2.06. The number of hydrogen-bond acceptors (Lipinski definition) is 3. The summed E-state index contributed by atoms with van der Waals surface area (Å²) in [6, 6.07) is 7.75. The first-order chi connectivity index (χ1) is 10.5. The molecule has 0 aliphatic carbocycles. The average Bonchev–Trinajstić information content (AvgIpc) is 2.51. The molecule has 1 aromatic rings. The summed E-state index contributed by atoms with van der Waals surface area (Å²) in [6.07, 6.45) is 3.40. The van der Waals surface area contributed by atoms with E-state index in [1.54, 1.807) is 6.92 Å². The Balaban J connectivity index is 2.41. The van der Waals surface area contributed by atoms with E-state index in [1.807, 2.05) is 31.2 Å². The van der Waals surface area contributed by atoms with Crippen molar-refractivity contribution in [1.82, 2.24) is 5.43 Å². The van der Waals surface area contributed by atoms with Crippen molar-refractivity contribution in [1.29, 1.82) is 0 Å². The quantitative estimate of drug-likeness (QED) is 0.571. The molecule has 0 radical (unpaired) electrons. The smallest absolute Gasteiger partial charge is 0.240 e. The van der Waals surface area contributed by atoms with Crippen molar-refractivity contribution in [2.45, 2.75) is 52.9 Å². The highest BCUT2D eigenvalue weighted by Crippen LogP contribution is 2.10. The number of hydrogen-bond donors (Lipinski definition) is 2. The third-order valence-corrected chi connectivity index (χ3v) is 3.19. The minimum absolute atomic E-state index is 0.114. The number of benzene rings is 1. The molecule has 0 aliphatic heterocycles. The van der Waals surface area contributed by atoms with Crippen LogP contribution in [0.15, 0.2) is 29.4 Å². The van der Waals surface area contributed by atoms with E-state index < -0.39 is 0 Å². The largest absolute Gasteiger partial charge is 0.326 e. The molecule has 2 amide bonds. The minimum Gasteiger partial charge on any atom is -0.326 e. The summed E-state index contributed by atoms with van der Waals surface area (Å²) in [6.45, 7) is 5.83. The van der Waals surface area contributed by atoms with Crippen LogP contribution >= 0.6 is 0 Å². The molecule has 5 heteroatoms. The summed E-state index contributed by atoms with van der Waals surface area (Å²) < 4.78 is 0. The van der Waals surface area contributed by atoms with Crippen molar-refractivity contribution in [2.75, 3.05) is 5.32 Å². The highest BCUT2D eigenvalue weighted by atomic mass is 16.2. The Bertz CT molecular complexity index is 521. The molecule has 0 aromatic heterocycles. The van der Waals surface area contributed by atoms with E-state index >= 15 is 0 Å². The number of nitrogens with one attached hydrogen (secondary N) is 2. The van der Waals surface area contributed by atoms with Crippen molar-refractivity contribution in [3.05, 3.63) is 29.8 Å². The van der Waals surface area contributed by atoms with Crippen LogP contribution in [0.2, 0.25) is 0 Å². The monoisotopic (exact) mass is 303 g/mol. The number of nitrogens with zero attached hydrogens (tertiary/aromatic N) is 1. The minimum atomic E-state index is -0.145. The second-order valence-electron chi connectivity index (χ2n) is 5.26. The molecule has 0 atom stereocenters. The molecule has 2 N–H and O–H groups in total. The van der Waals surface area contributed by atoms with Gasteiger partial charge < -0.3 is 5.32 Å². The van der Waals surface area contributed by atoms with Gasteiger partial charge in [0, 0.05) is 17.8 Å². The maximum absolute atomic E-state index is 11.9. The van der Waals surface area contributed by atoms with E-state index in [-0.39, 0.29) is 18.2 Å². The van der Waals surface area contributed by atoms with Crippen LogP contribution in [0, 0.1) is 0 Å². The zero-order chi connectivity index (χ0) is 16.4. The molecule has 1 rings (SSSR count). The van der Waals surface area contributed by atoms with Crippen LogP contribution in [0.3, 0.4) is 0 Å². The van der Waals surface area contributed by atoms with E-state index in [9.17, 15) is 9.59 Å². The molecule has 1 aromatic carbocycles. The lowest BCUT2D eigenvalue weighted by atomic mass is 10.1. The zero-order valence-corrected chi connectivity index (χ0v) is 13.6. The highest BCUT2D eigenvalue weighted by Gasteiger charge is 2.05. The summed E-state index contributed by atoms with van der Waals surface area (Å²) in [7, 11) is 0. The number of anilines is 1. The van der Waals surface area contributed by atoms with Crippen molar-refractivity contribution in [3.63, 3.8) is 0 Å². The van der Waals surface area contributed by atoms with Crippen LogP contribution in [-0.2, 0) is 16.0 Å². The van der Waals surface area contributed by atoms with Crippen LogP contribution in [0.4, 0.5) is 5.69 Å². The van der Waals surface area contributed by atoms with Crippen LogP contribution in [-0.4, -0.2) is 17.5 Å². The van der Waals surface area contributed by atoms with Gasteiger partial charge in [-0.3, -0.25) is 9.59 Å². The standard InChI is InChI=1S/C17H25N3O2/c1-4-6-7-16(21)20-19-13(3)12-17(22)18-15-10-8-14(5-2)9-11-15/h8-11H,4-7,12H2,1-3H3,(H,18,22)(H,20,21). The van der Waals surface area contributed by atoms with Crippen LogP contribution in [0.5, 0.6) is 0 Å². The van der Waals surface area contributed by atoms with Crippen LogP contribution < -0.4 is 10.7 Å². The second kappa shape index (κ2) is 9.71. The van der Waals surface area contributed by atoms with Gasteiger partial charge >= 0.3 is 0 Å². The third kappa shape index (κ3) is 7.02. The molecule has 0 heterocycles. The van der Waals surface area contributed by atoms with Gasteiger partial charge in [-0.05, 0) is 37.5 Å². The van der Waals surface area contributed by atoms with Gasteiger partial charge in [-0.2, -0.15) is 5.10 Å². The Morgan fingerprint density at radius 2 is 1.77 bits per heavy atom. The van der Waals surface area contributed by atoms with Gasteiger partial charge in [0.1, 0.15) is 0 Å². The van der Waals surface area contributed by atoms with Gasteiger partial charge in [-0.25, -0.2) is 5.43 Å². The fourth-order valence-electron chi connectivity index (χ4n) is 1.85. The number of amides is 2. The summed E-state index contributed by atoms with van der Waals surface area (Å²) in [5, 5.41) is 6.76. The Hall–Kier alpha value is -2.17. The van der Waals surface area contributed by atoms with E-state index in [0.29, 0.717) is 12.1 Å². The molecule has 0 saturated heterocycles. The first-order valence-corrected chi connectivity index (χ1v) is 7.76. The molecule has 0 aliphatic rings. The van der Waals surface area contributed by atoms with Crippen molar-refractivity contribution in [3.8, 4) is 0 Å². The fourth-order valence-corrected chi connectivity index (χ4v) is 1.85. The Labute approximate surface area is 132 Å². The Morgan fingerprint density at radius 1 is 1.09 bits per heavy atom. The summed E-state index contributed by atoms with van der Waals surface area (Å²) in [5.74, 6) is -0.259. The molecule has 0 spiro atoms. The second-order valence-corrected chi connectivity index (χ2v) is 5.26. The van der Waals surface area contributed by atoms with Crippen LogP contribution in [0.25, 0.3) is 0 Å². The molecule has 0 bridgehead atoms. The first kappa shape index (κ1) is 17.9. The Kier molecular flexibility index (Phi) is 7.89. The molecule has 0 unspecified atom stereocenters. The van der Waals surface area contributed by atoms with Gasteiger partial charge in [-0.15, -0.1) is 0 Å². The predicted molar refractivity (Wildman–Crippen MR) is 89.8 cm³/mol. The number of rotatable bonds is 8. The summed E-state index contributed by atoms with van der Waals surface area (Å²) in [4.78, 5) is 23.3. The van der Waals surface area contributed by atoms with E-state index in [4.69, 9.17) is 0 Å². The number of aryl methyl sites for hydroxylation is 1. The van der Waals surface area contributed by atoms with Crippen LogP contribution in [0.1, 0.15) is 52.0 Å². The normalized spacial score (nSPS) is 11.1. The van der Waals surface area contributed by atoms with Gasteiger partial charge in [0.2, 0.25) is 11.8 Å². The molecule has 0 fully saturated rings. The van der Waals surface area contributed by atoms with E-state index in [2.05, 4.69) is 22.8 Å². The van der Waals surface area contributed by atoms with Gasteiger partial charge in [0.25, 0.3) is 0 Å². The SMILES string of the molecule is CCCCC(=O)NN=C(C)CC(=O)Nc1ccc(CC)cc1. The third-order valence-electron chi connectivity index (χ3n) is 3.19. The average molecular weight is 303 g/mol. The Morgan fingerprint density at radius 3 is 2.36 bits per heavy atom. The van der Waals surface area contributed by atoms with Gasteiger partial charge in [0.15, 0.2) is 0 Å². The first-order valence-electron chi connectivity index (χ1n) is 7.76. The number of hydrazone groups is 1. The number of carbonyl (C=O) groups is 2. The number of unbranched alkanes of at least 4 members (excludes halogenated alkanes) is 1. The number of carbonyl (C=O) groups excluding carboxylic acids is 2. The van der Waals surface area contributed by atoms with E-state index in [0.717, 1.165) is 24.9 Å². The molecule has 120 valence electrons. The van der Waals surface area contributed by atoms with Gasteiger partial charge in [0.05, 0.1) is 6.42 Å².